The molecule has 0 saturated heterocycles. The molecule has 0 saturated carbocycles. The van der Waals surface area contributed by atoms with E-state index in [1.807, 2.05) is 6.92 Å². The van der Waals surface area contributed by atoms with Crippen LogP contribution in [0.4, 0.5) is 0 Å². The standard InChI is InChI=1S/C8H10/c1-3-5-7-8-6-4-2/h3,8H2,1-2H3/i8D2. The first-order valence-electron chi connectivity index (χ1n) is 3.56. The lowest BCUT2D eigenvalue weighted by Gasteiger charge is -1.68. The van der Waals surface area contributed by atoms with Crippen LogP contribution >= 0.6 is 0 Å². The van der Waals surface area contributed by atoms with Crippen LogP contribution in [0.15, 0.2) is 0 Å². The highest BCUT2D eigenvalue weighted by atomic mass is 13.7. The summed E-state index contributed by atoms with van der Waals surface area (Å²) in [6.45, 7) is 3.48. The van der Waals surface area contributed by atoms with E-state index in [-0.39, 0.29) is 0 Å². The molecular weight excluding hydrogens is 96.1 g/mol. The van der Waals surface area contributed by atoms with Crippen molar-refractivity contribution in [2.75, 3.05) is 0 Å². The third kappa shape index (κ3) is 5.12. The van der Waals surface area contributed by atoms with Crippen LogP contribution in [0, 0.1) is 23.7 Å². The lowest BCUT2D eigenvalue weighted by atomic mass is 10.4. The Labute approximate surface area is 54.1 Å². The maximum Gasteiger partial charge on any atom is 0.0702 e. The molecule has 0 N–H and O–H groups in total. The van der Waals surface area contributed by atoms with Crippen LogP contribution in [0.25, 0.3) is 0 Å². The number of hydrogen-bond acceptors (Lipinski definition) is 0. The largest absolute Gasteiger partial charge is 0.106 e. The Bertz CT molecular complexity index is 207. The molecule has 0 unspecified atom stereocenters. The van der Waals surface area contributed by atoms with Crippen LogP contribution in [0.3, 0.4) is 0 Å². The molecule has 0 aromatic rings. The first-order valence-corrected chi connectivity index (χ1v) is 2.56. The molecule has 0 nitrogen and oxygen atoms in total. The smallest absolute Gasteiger partial charge is 0.0702 e. The van der Waals surface area contributed by atoms with Gasteiger partial charge in [0.25, 0.3) is 0 Å². The fraction of sp³-hybridized carbons (Fsp3) is 0.500. The SMILES string of the molecule is [2H]C([2H])(C#CC)C#CCC. The third-order valence-electron chi connectivity index (χ3n) is 0.515. The van der Waals surface area contributed by atoms with Gasteiger partial charge in [0.15, 0.2) is 0 Å². The summed E-state index contributed by atoms with van der Waals surface area (Å²) in [5.74, 6) is 9.92. The molecule has 0 spiro atoms. The van der Waals surface area contributed by atoms with Gasteiger partial charge in [0.1, 0.15) is 0 Å². The predicted octanol–water partition coefficient (Wildman–Crippen LogP) is 1.81. The minimum Gasteiger partial charge on any atom is -0.106 e. The fourth-order valence-electron chi connectivity index (χ4n) is 0.226. The minimum absolute atomic E-state index is 0.672. The molecular formula is C8H10. The van der Waals surface area contributed by atoms with Gasteiger partial charge in [-0.3, -0.25) is 0 Å². The number of rotatable bonds is 0. The summed E-state index contributed by atoms with van der Waals surface area (Å²) < 4.78 is 14.3. The van der Waals surface area contributed by atoms with Crippen molar-refractivity contribution in [3.63, 3.8) is 0 Å². The van der Waals surface area contributed by atoms with Gasteiger partial charge in [-0.25, -0.2) is 0 Å². The zero-order valence-electron chi connectivity index (χ0n) is 7.21. The van der Waals surface area contributed by atoms with Crippen LogP contribution in [0.5, 0.6) is 0 Å². The molecule has 8 heavy (non-hydrogen) atoms. The average molecular weight is 108 g/mol. The van der Waals surface area contributed by atoms with Crippen LogP contribution < -0.4 is 0 Å². The lowest BCUT2D eigenvalue weighted by molar-refractivity contribution is 1.27. The topological polar surface area (TPSA) is 0 Å². The summed E-state index contributed by atoms with van der Waals surface area (Å²) in [5.41, 5.74) is 0. The van der Waals surface area contributed by atoms with E-state index in [0.29, 0.717) is 6.42 Å². The van der Waals surface area contributed by atoms with E-state index in [1.165, 1.54) is 0 Å². The molecule has 0 atom stereocenters. The van der Waals surface area contributed by atoms with Gasteiger partial charge in [-0.15, -0.1) is 11.8 Å². The maximum atomic E-state index is 7.15. The van der Waals surface area contributed by atoms with Crippen molar-refractivity contribution in [1.82, 2.24) is 0 Å². The fourth-order valence-corrected chi connectivity index (χ4v) is 0.226. The molecule has 0 aromatic heterocycles. The Morgan fingerprint density at radius 1 is 1.38 bits per heavy atom. The van der Waals surface area contributed by atoms with Gasteiger partial charge in [0, 0.05) is 6.42 Å². The van der Waals surface area contributed by atoms with E-state index >= 15 is 0 Å². The second kappa shape index (κ2) is 6.12. The zero-order chi connectivity index (χ0) is 8.04. The van der Waals surface area contributed by atoms with Crippen molar-refractivity contribution >= 4 is 0 Å². The Kier molecular flexibility index (Phi) is 3.09. The Hall–Kier alpha value is -0.880. The second-order valence-electron chi connectivity index (χ2n) is 1.16. The Morgan fingerprint density at radius 3 is 2.62 bits per heavy atom. The summed E-state index contributed by atoms with van der Waals surface area (Å²) >= 11 is 0. The van der Waals surface area contributed by atoms with Gasteiger partial charge in [-0.1, -0.05) is 18.8 Å². The van der Waals surface area contributed by atoms with E-state index in [2.05, 4.69) is 23.7 Å². The third-order valence-corrected chi connectivity index (χ3v) is 0.515. The molecule has 0 rings (SSSR count). The highest BCUT2D eigenvalue weighted by Gasteiger charge is 1.61. The van der Waals surface area contributed by atoms with E-state index < -0.39 is 6.37 Å². The van der Waals surface area contributed by atoms with Crippen molar-refractivity contribution in [2.24, 2.45) is 0 Å². The van der Waals surface area contributed by atoms with Crippen LogP contribution in [0.2, 0.25) is 0 Å². The second-order valence-corrected chi connectivity index (χ2v) is 1.16. The van der Waals surface area contributed by atoms with Crippen molar-refractivity contribution in [2.45, 2.75) is 26.6 Å². The van der Waals surface area contributed by atoms with Crippen molar-refractivity contribution in [3.05, 3.63) is 0 Å². The maximum absolute atomic E-state index is 7.15. The normalized spacial score (nSPS) is 11.2. The highest BCUT2D eigenvalue weighted by Crippen LogP contribution is 1.71. The first kappa shape index (κ1) is 4.04. The monoisotopic (exact) mass is 108 g/mol. The molecule has 0 aliphatic heterocycles. The van der Waals surface area contributed by atoms with Crippen LogP contribution in [-0.2, 0) is 0 Å². The van der Waals surface area contributed by atoms with Crippen molar-refractivity contribution in [1.29, 1.82) is 0 Å². The molecule has 0 aliphatic rings. The van der Waals surface area contributed by atoms with Gasteiger partial charge in [0.2, 0.25) is 0 Å². The number of hydrogen-bond donors (Lipinski definition) is 0. The molecule has 0 amide bonds. The van der Waals surface area contributed by atoms with Crippen LogP contribution in [-0.4, -0.2) is 0 Å². The molecule has 0 aliphatic carbocycles. The molecule has 0 bridgehead atoms. The zero-order valence-corrected chi connectivity index (χ0v) is 5.21. The van der Waals surface area contributed by atoms with E-state index in [4.69, 9.17) is 2.74 Å². The molecule has 0 fully saturated rings. The summed E-state index contributed by atoms with van der Waals surface area (Å²) in [5, 5.41) is 0. The molecule has 0 heteroatoms. The van der Waals surface area contributed by atoms with Crippen LogP contribution in [0.1, 0.15) is 29.4 Å². The summed E-state index contributed by atoms with van der Waals surface area (Å²) in [7, 11) is 0. The lowest BCUT2D eigenvalue weighted by Crippen LogP contribution is -1.57. The quantitative estimate of drug-likeness (QED) is 0.415. The highest BCUT2D eigenvalue weighted by molar-refractivity contribution is 5.09. The minimum atomic E-state index is -1.62. The molecule has 0 heterocycles. The van der Waals surface area contributed by atoms with Gasteiger partial charge in [0.05, 0.1) is 9.11 Å². The van der Waals surface area contributed by atoms with Gasteiger partial charge in [-0.05, 0) is 6.92 Å². The van der Waals surface area contributed by atoms with Gasteiger partial charge < -0.3 is 0 Å². The summed E-state index contributed by atoms with van der Waals surface area (Å²) in [6.07, 6.45) is -0.949. The predicted molar refractivity (Wildman–Crippen MR) is 36.1 cm³/mol. The molecule has 0 radical (unpaired) electrons. The van der Waals surface area contributed by atoms with Crippen molar-refractivity contribution in [3.8, 4) is 23.7 Å². The van der Waals surface area contributed by atoms with Gasteiger partial charge in [-0.2, -0.15) is 0 Å². The molecule has 0 aromatic carbocycles. The van der Waals surface area contributed by atoms with Crippen molar-refractivity contribution < 1.29 is 2.74 Å². The van der Waals surface area contributed by atoms with E-state index in [9.17, 15) is 0 Å². The first-order chi connectivity index (χ1) is 4.62. The summed E-state index contributed by atoms with van der Waals surface area (Å²) in [4.78, 5) is 0. The Balaban J connectivity index is 4.21. The average Bonchev–Trinajstić information content (AvgIpc) is 1.84. The Morgan fingerprint density at radius 2 is 2.12 bits per heavy atom. The summed E-state index contributed by atoms with van der Waals surface area (Å²) in [6, 6.07) is 0. The van der Waals surface area contributed by atoms with E-state index in [0.717, 1.165) is 0 Å². The van der Waals surface area contributed by atoms with E-state index in [1.54, 1.807) is 6.92 Å². The molecule has 42 valence electrons. The van der Waals surface area contributed by atoms with Gasteiger partial charge >= 0.3 is 0 Å².